The molecule has 2 aliphatic heterocycles. The fourth-order valence-electron chi connectivity index (χ4n) is 4.28. The van der Waals surface area contributed by atoms with Crippen molar-refractivity contribution < 1.29 is 9.18 Å². The number of carbonyl (C=O) groups is 1. The number of amides is 1. The average molecular weight is 381 g/mol. The Balaban J connectivity index is 1.28. The molecule has 0 bridgehead atoms. The Bertz CT molecular complexity index is 815. The highest BCUT2D eigenvalue weighted by molar-refractivity contribution is 5.78. The summed E-state index contributed by atoms with van der Waals surface area (Å²) < 4.78 is 13.4. The van der Waals surface area contributed by atoms with E-state index in [1.165, 1.54) is 11.8 Å². The lowest BCUT2D eigenvalue weighted by Crippen LogP contribution is -2.46. The van der Waals surface area contributed by atoms with Crippen molar-refractivity contribution in [2.24, 2.45) is 0 Å². The Labute approximate surface area is 166 Å². The molecule has 0 aromatic heterocycles. The first-order valence-corrected chi connectivity index (χ1v) is 10.2. The molecule has 28 heavy (non-hydrogen) atoms. The molecular weight excluding hydrogens is 353 g/mol. The summed E-state index contributed by atoms with van der Waals surface area (Å²) in [7, 11) is 1.91. The molecular formula is C23H28FN3O. The smallest absolute Gasteiger partial charge is 0.222 e. The molecule has 2 aromatic carbocycles. The van der Waals surface area contributed by atoms with E-state index in [1.807, 2.05) is 18.0 Å². The Kier molecular flexibility index (Phi) is 5.62. The number of piperidine rings is 1. The van der Waals surface area contributed by atoms with E-state index in [4.69, 9.17) is 0 Å². The van der Waals surface area contributed by atoms with Crippen molar-refractivity contribution in [2.75, 3.05) is 31.6 Å². The fraction of sp³-hybridized carbons (Fsp3) is 0.435. The molecule has 0 spiro atoms. The number of nitrogens with one attached hydrogen (secondary N) is 1. The molecule has 1 N–H and O–H groups in total. The van der Waals surface area contributed by atoms with Gasteiger partial charge in [0.1, 0.15) is 5.82 Å². The average Bonchev–Trinajstić information content (AvgIpc) is 3.05. The van der Waals surface area contributed by atoms with Crippen LogP contribution in [0, 0.1) is 5.82 Å². The van der Waals surface area contributed by atoms with Crippen LogP contribution in [-0.2, 0) is 4.79 Å². The maximum absolute atomic E-state index is 13.4. The van der Waals surface area contributed by atoms with Gasteiger partial charge in [-0.15, -0.1) is 0 Å². The Morgan fingerprint density at radius 2 is 1.79 bits per heavy atom. The van der Waals surface area contributed by atoms with Gasteiger partial charge in [0, 0.05) is 50.9 Å². The first kappa shape index (κ1) is 18.9. The molecule has 2 aromatic rings. The lowest BCUT2D eigenvalue weighted by molar-refractivity contribution is -0.127. The molecule has 1 atom stereocenters. The van der Waals surface area contributed by atoms with Gasteiger partial charge in [-0.2, -0.15) is 0 Å². The Morgan fingerprint density at radius 1 is 1.04 bits per heavy atom. The van der Waals surface area contributed by atoms with E-state index in [2.05, 4.69) is 34.5 Å². The van der Waals surface area contributed by atoms with Gasteiger partial charge in [-0.05, 0) is 54.7 Å². The van der Waals surface area contributed by atoms with E-state index < -0.39 is 0 Å². The first-order chi connectivity index (χ1) is 13.6. The molecule has 148 valence electrons. The van der Waals surface area contributed by atoms with Crippen molar-refractivity contribution in [3.63, 3.8) is 0 Å². The molecule has 2 fully saturated rings. The Hall–Kier alpha value is -2.40. The summed E-state index contributed by atoms with van der Waals surface area (Å²) in [5.41, 5.74) is 3.17. The zero-order chi connectivity index (χ0) is 19.5. The third-order valence-electron chi connectivity index (χ3n) is 6.16. The number of halogens is 1. The van der Waals surface area contributed by atoms with Crippen LogP contribution in [0.3, 0.4) is 0 Å². The summed E-state index contributed by atoms with van der Waals surface area (Å²) in [6.07, 6.45) is 3.87. The lowest BCUT2D eigenvalue weighted by atomic mass is 10.0. The second kappa shape index (κ2) is 8.31. The van der Waals surface area contributed by atoms with Crippen LogP contribution >= 0.6 is 0 Å². The van der Waals surface area contributed by atoms with Gasteiger partial charge in [0.05, 0.1) is 0 Å². The van der Waals surface area contributed by atoms with Crippen molar-refractivity contribution in [1.29, 1.82) is 0 Å². The topological polar surface area (TPSA) is 35.6 Å². The van der Waals surface area contributed by atoms with Crippen molar-refractivity contribution in [1.82, 2.24) is 10.2 Å². The zero-order valence-electron chi connectivity index (χ0n) is 16.4. The number of anilines is 1. The second-order valence-electron chi connectivity index (χ2n) is 7.92. The van der Waals surface area contributed by atoms with Crippen LogP contribution in [0.2, 0.25) is 0 Å². The van der Waals surface area contributed by atoms with Gasteiger partial charge in [0.25, 0.3) is 0 Å². The van der Waals surface area contributed by atoms with Crippen LogP contribution in [0.5, 0.6) is 0 Å². The molecule has 0 radical (unpaired) electrons. The Morgan fingerprint density at radius 3 is 2.43 bits per heavy atom. The van der Waals surface area contributed by atoms with Gasteiger partial charge in [0.15, 0.2) is 0 Å². The highest BCUT2D eigenvalue weighted by Crippen LogP contribution is 2.26. The molecule has 2 aliphatic rings. The summed E-state index contributed by atoms with van der Waals surface area (Å²) in [6.45, 7) is 2.95. The number of hydrogen-bond acceptors (Lipinski definition) is 3. The highest BCUT2D eigenvalue weighted by atomic mass is 19.1. The quantitative estimate of drug-likeness (QED) is 0.858. The summed E-state index contributed by atoms with van der Waals surface area (Å²) in [4.78, 5) is 15.9. The molecule has 2 heterocycles. The van der Waals surface area contributed by atoms with Gasteiger partial charge in [-0.1, -0.05) is 24.3 Å². The molecule has 5 heteroatoms. The van der Waals surface area contributed by atoms with Crippen molar-refractivity contribution >= 4 is 11.6 Å². The predicted molar refractivity (Wildman–Crippen MR) is 111 cm³/mol. The second-order valence-corrected chi connectivity index (χ2v) is 7.92. The van der Waals surface area contributed by atoms with Gasteiger partial charge in [-0.3, -0.25) is 4.79 Å². The van der Waals surface area contributed by atoms with Gasteiger partial charge in [-0.25, -0.2) is 4.39 Å². The van der Waals surface area contributed by atoms with Crippen LogP contribution in [-0.4, -0.2) is 49.6 Å². The van der Waals surface area contributed by atoms with Gasteiger partial charge in [0.2, 0.25) is 5.91 Å². The number of likely N-dealkylation sites (N-methyl/N-ethyl adjacent to an activating group) is 1. The SMILES string of the molecule is CN1C(=O)CCC1CNC1CCN(c2ccc(-c3cccc(F)c3)cc2)CC1. The molecule has 4 nitrogen and oxygen atoms in total. The predicted octanol–water partition coefficient (Wildman–Crippen LogP) is 3.67. The van der Waals surface area contributed by atoms with E-state index in [0.717, 1.165) is 50.0 Å². The molecule has 0 saturated carbocycles. The molecule has 0 aliphatic carbocycles. The van der Waals surface area contributed by atoms with E-state index in [9.17, 15) is 9.18 Å². The number of nitrogens with zero attached hydrogens (tertiary/aromatic N) is 2. The summed E-state index contributed by atoms with van der Waals surface area (Å²) in [5.74, 6) is 0.0626. The van der Waals surface area contributed by atoms with Crippen molar-refractivity contribution in [3.05, 3.63) is 54.3 Å². The standard InChI is InChI=1S/C23H28FN3O/c1-26-22(9-10-23(26)28)16-25-20-11-13-27(14-12-20)21-7-5-17(6-8-21)18-3-2-4-19(24)15-18/h2-8,15,20,22,25H,9-14,16H2,1H3. The molecule has 2 saturated heterocycles. The van der Waals surface area contributed by atoms with Crippen LogP contribution in [0.4, 0.5) is 10.1 Å². The minimum Gasteiger partial charge on any atom is -0.371 e. The molecule has 4 rings (SSSR count). The zero-order valence-corrected chi connectivity index (χ0v) is 16.4. The van der Waals surface area contributed by atoms with E-state index >= 15 is 0 Å². The fourth-order valence-corrected chi connectivity index (χ4v) is 4.28. The minimum atomic E-state index is -0.204. The third kappa shape index (κ3) is 4.20. The monoisotopic (exact) mass is 381 g/mol. The maximum atomic E-state index is 13.4. The number of rotatable bonds is 5. The van der Waals surface area contributed by atoms with Crippen LogP contribution in [0.15, 0.2) is 48.5 Å². The molecule has 1 unspecified atom stereocenters. The van der Waals surface area contributed by atoms with E-state index in [0.29, 0.717) is 18.5 Å². The van der Waals surface area contributed by atoms with Crippen molar-refractivity contribution in [3.8, 4) is 11.1 Å². The first-order valence-electron chi connectivity index (χ1n) is 10.2. The maximum Gasteiger partial charge on any atom is 0.222 e. The van der Waals surface area contributed by atoms with Gasteiger partial charge < -0.3 is 15.1 Å². The molecule has 1 amide bonds. The summed E-state index contributed by atoms with van der Waals surface area (Å²) >= 11 is 0. The number of carbonyl (C=O) groups excluding carboxylic acids is 1. The number of hydrogen-bond donors (Lipinski definition) is 1. The van der Waals surface area contributed by atoms with Crippen LogP contribution < -0.4 is 10.2 Å². The summed E-state index contributed by atoms with van der Waals surface area (Å²) in [5, 5.41) is 3.67. The van der Waals surface area contributed by atoms with Crippen LogP contribution in [0.25, 0.3) is 11.1 Å². The van der Waals surface area contributed by atoms with Crippen LogP contribution in [0.1, 0.15) is 25.7 Å². The number of likely N-dealkylation sites (tertiary alicyclic amines) is 1. The summed E-state index contributed by atoms with van der Waals surface area (Å²) in [6, 6.07) is 16.0. The van der Waals surface area contributed by atoms with Crippen molar-refractivity contribution in [2.45, 2.75) is 37.8 Å². The third-order valence-corrected chi connectivity index (χ3v) is 6.16. The minimum absolute atomic E-state index is 0.204. The van der Waals surface area contributed by atoms with E-state index in [1.54, 1.807) is 12.1 Å². The highest BCUT2D eigenvalue weighted by Gasteiger charge is 2.28. The van der Waals surface area contributed by atoms with E-state index in [-0.39, 0.29) is 11.7 Å². The lowest BCUT2D eigenvalue weighted by Gasteiger charge is -2.35. The largest absolute Gasteiger partial charge is 0.371 e. The normalized spacial score (nSPS) is 20.8. The number of benzene rings is 2. The van der Waals surface area contributed by atoms with Gasteiger partial charge >= 0.3 is 0 Å².